The molecule has 0 radical (unpaired) electrons. The largest absolute Gasteiger partial charge is 0.508 e. The Labute approximate surface area is 230 Å². The van der Waals surface area contributed by atoms with Crippen LogP contribution in [0.25, 0.3) is 0 Å². The molecule has 208 valence electrons. The van der Waals surface area contributed by atoms with E-state index >= 15 is 0 Å². The molecule has 0 aliphatic heterocycles. The SMILES string of the molecule is Cc1cc(O)cc(O)c1C(=O)CCc1ccc(O)cc1.O=C(CCc1ccc(O)cc1)c1c(O)cc(O)cc1O. The molecule has 4 aromatic carbocycles. The summed E-state index contributed by atoms with van der Waals surface area (Å²) in [7, 11) is 0. The highest BCUT2D eigenvalue weighted by molar-refractivity contribution is 6.01. The summed E-state index contributed by atoms with van der Waals surface area (Å²) in [4.78, 5) is 24.1. The normalized spacial score (nSPS) is 10.4. The molecule has 0 heterocycles. The summed E-state index contributed by atoms with van der Waals surface area (Å²) in [5.41, 5.74) is 2.40. The molecule has 0 atom stereocenters. The molecule has 40 heavy (non-hydrogen) atoms. The lowest BCUT2D eigenvalue weighted by Crippen LogP contribution is -2.04. The minimum Gasteiger partial charge on any atom is -0.508 e. The number of hydrogen-bond donors (Lipinski definition) is 7. The summed E-state index contributed by atoms with van der Waals surface area (Å²) >= 11 is 0. The molecule has 0 unspecified atom stereocenters. The zero-order chi connectivity index (χ0) is 29.4. The quantitative estimate of drug-likeness (QED) is 0.145. The average molecular weight is 547 g/mol. The van der Waals surface area contributed by atoms with E-state index in [9.17, 15) is 40.2 Å². The van der Waals surface area contributed by atoms with E-state index in [1.807, 2.05) is 0 Å². The topological polar surface area (TPSA) is 176 Å². The van der Waals surface area contributed by atoms with Crippen LogP contribution in [0.15, 0.2) is 72.8 Å². The van der Waals surface area contributed by atoms with E-state index in [0.29, 0.717) is 18.4 Å². The van der Waals surface area contributed by atoms with Crippen LogP contribution in [-0.4, -0.2) is 47.3 Å². The number of aryl methyl sites for hydroxylation is 3. The number of phenolic OH excluding ortho intramolecular Hbond substituents is 7. The van der Waals surface area contributed by atoms with Gasteiger partial charge in [0.2, 0.25) is 0 Å². The predicted molar refractivity (Wildman–Crippen MR) is 147 cm³/mol. The number of rotatable bonds is 8. The molecule has 0 amide bonds. The number of aromatic hydroxyl groups is 7. The zero-order valence-corrected chi connectivity index (χ0v) is 21.7. The van der Waals surface area contributed by atoms with Crippen LogP contribution in [0.3, 0.4) is 0 Å². The molecule has 0 aromatic heterocycles. The van der Waals surface area contributed by atoms with Crippen molar-refractivity contribution in [2.75, 3.05) is 0 Å². The predicted octanol–water partition coefficient (Wildman–Crippen LogP) is 5.25. The van der Waals surface area contributed by atoms with Crippen molar-refractivity contribution in [3.63, 3.8) is 0 Å². The Balaban J connectivity index is 0.000000220. The van der Waals surface area contributed by atoms with Gasteiger partial charge in [-0.25, -0.2) is 0 Å². The van der Waals surface area contributed by atoms with Crippen LogP contribution in [-0.2, 0) is 12.8 Å². The van der Waals surface area contributed by atoms with Crippen molar-refractivity contribution in [1.82, 2.24) is 0 Å². The first-order valence-electron chi connectivity index (χ1n) is 12.3. The maximum Gasteiger partial charge on any atom is 0.170 e. The first kappa shape index (κ1) is 29.4. The van der Waals surface area contributed by atoms with Crippen LogP contribution in [0.5, 0.6) is 40.2 Å². The van der Waals surface area contributed by atoms with E-state index in [2.05, 4.69) is 0 Å². The van der Waals surface area contributed by atoms with Gasteiger partial charge in [0.15, 0.2) is 11.6 Å². The van der Waals surface area contributed by atoms with Crippen molar-refractivity contribution in [1.29, 1.82) is 0 Å². The van der Waals surface area contributed by atoms with Gasteiger partial charge in [-0.1, -0.05) is 24.3 Å². The van der Waals surface area contributed by atoms with Crippen LogP contribution in [0, 0.1) is 6.92 Å². The van der Waals surface area contributed by atoms with Gasteiger partial charge in [0, 0.05) is 31.0 Å². The van der Waals surface area contributed by atoms with E-state index in [1.54, 1.807) is 43.3 Å². The monoisotopic (exact) mass is 546 g/mol. The molecule has 0 saturated heterocycles. The van der Waals surface area contributed by atoms with Gasteiger partial charge >= 0.3 is 0 Å². The van der Waals surface area contributed by atoms with Gasteiger partial charge in [-0.05, 0) is 66.8 Å². The van der Waals surface area contributed by atoms with Crippen LogP contribution < -0.4 is 0 Å². The van der Waals surface area contributed by atoms with Gasteiger partial charge in [0.1, 0.15) is 45.8 Å². The number of phenols is 7. The summed E-state index contributed by atoms with van der Waals surface area (Å²) in [6, 6.07) is 17.7. The van der Waals surface area contributed by atoms with Crippen LogP contribution >= 0.6 is 0 Å². The minimum absolute atomic E-state index is 0.0601. The van der Waals surface area contributed by atoms with E-state index in [4.69, 9.17) is 5.11 Å². The van der Waals surface area contributed by atoms with Crippen molar-refractivity contribution >= 4 is 11.6 Å². The Morgan fingerprint density at radius 1 is 0.500 bits per heavy atom. The Morgan fingerprint density at radius 2 is 0.850 bits per heavy atom. The van der Waals surface area contributed by atoms with Gasteiger partial charge in [0.25, 0.3) is 0 Å². The summed E-state index contributed by atoms with van der Waals surface area (Å²) in [5.74, 6) is -1.72. The summed E-state index contributed by atoms with van der Waals surface area (Å²) in [6.07, 6.45) is 1.29. The van der Waals surface area contributed by atoms with Crippen LogP contribution in [0.1, 0.15) is 50.2 Å². The van der Waals surface area contributed by atoms with E-state index in [0.717, 1.165) is 23.3 Å². The van der Waals surface area contributed by atoms with Gasteiger partial charge in [-0.3, -0.25) is 9.59 Å². The van der Waals surface area contributed by atoms with Crippen molar-refractivity contribution in [3.05, 3.63) is 101 Å². The molecule has 7 N–H and O–H groups in total. The van der Waals surface area contributed by atoms with Crippen LogP contribution in [0.4, 0.5) is 0 Å². The molecular formula is C31H30O9. The molecule has 9 heteroatoms. The maximum atomic E-state index is 12.1. The first-order valence-corrected chi connectivity index (χ1v) is 12.3. The van der Waals surface area contributed by atoms with Gasteiger partial charge in [-0.15, -0.1) is 0 Å². The molecule has 0 fully saturated rings. The highest BCUT2D eigenvalue weighted by atomic mass is 16.3. The highest BCUT2D eigenvalue weighted by Gasteiger charge is 2.18. The third kappa shape index (κ3) is 7.91. The van der Waals surface area contributed by atoms with Gasteiger partial charge in [0.05, 0.1) is 5.56 Å². The van der Waals surface area contributed by atoms with E-state index in [-0.39, 0.29) is 58.5 Å². The molecule has 0 aliphatic rings. The van der Waals surface area contributed by atoms with Crippen LogP contribution in [0.2, 0.25) is 0 Å². The Hall–Kier alpha value is -5.18. The van der Waals surface area contributed by atoms with Gasteiger partial charge < -0.3 is 35.7 Å². The van der Waals surface area contributed by atoms with E-state index < -0.39 is 17.3 Å². The molecule has 4 rings (SSSR count). The van der Waals surface area contributed by atoms with Gasteiger partial charge in [-0.2, -0.15) is 0 Å². The summed E-state index contributed by atoms with van der Waals surface area (Å²) in [5, 5.41) is 65.8. The highest BCUT2D eigenvalue weighted by Crippen LogP contribution is 2.33. The Bertz CT molecular complexity index is 1330. The van der Waals surface area contributed by atoms with E-state index in [1.165, 1.54) is 24.3 Å². The molecule has 0 bridgehead atoms. The summed E-state index contributed by atoms with van der Waals surface area (Å²) in [6.45, 7) is 1.67. The molecule has 0 saturated carbocycles. The maximum absolute atomic E-state index is 12.1. The number of carbonyl (C=O) groups is 2. The van der Waals surface area contributed by atoms with Crippen molar-refractivity contribution in [2.45, 2.75) is 32.6 Å². The van der Waals surface area contributed by atoms with Crippen molar-refractivity contribution in [3.8, 4) is 40.2 Å². The fourth-order valence-corrected chi connectivity index (χ4v) is 4.09. The molecule has 9 nitrogen and oxygen atoms in total. The third-order valence-electron chi connectivity index (χ3n) is 6.09. The second-order valence-corrected chi connectivity index (χ2v) is 9.20. The molecule has 4 aromatic rings. The minimum atomic E-state index is -0.446. The molecule has 0 spiro atoms. The number of carbonyl (C=O) groups excluding carboxylic acids is 2. The fourth-order valence-electron chi connectivity index (χ4n) is 4.09. The number of Topliss-reactive ketones (excluding diaryl/α,β-unsaturated/α-hetero) is 2. The standard InChI is InChI=1S/C16H16O4.C15H14O5/c1-10-8-13(18)9-15(20)16(10)14(19)7-4-11-2-5-12(17)6-3-11;16-10-4-1-9(2-5-10)3-6-12(18)15-13(19)7-11(17)8-14(15)20/h2-3,5-6,8-9,17-18,20H,4,7H2,1H3;1-2,4-5,7-8,16-17,19-20H,3,6H2. The Morgan fingerprint density at radius 3 is 1.25 bits per heavy atom. The van der Waals surface area contributed by atoms with Crippen molar-refractivity contribution in [2.24, 2.45) is 0 Å². The second kappa shape index (κ2) is 13.1. The third-order valence-corrected chi connectivity index (χ3v) is 6.09. The smallest absolute Gasteiger partial charge is 0.170 e. The molecule has 0 aliphatic carbocycles. The Kier molecular flexibility index (Phi) is 9.59. The summed E-state index contributed by atoms with van der Waals surface area (Å²) < 4.78 is 0. The zero-order valence-electron chi connectivity index (χ0n) is 21.7. The van der Waals surface area contributed by atoms with Crippen molar-refractivity contribution < 1.29 is 45.3 Å². The number of ketones is 2. The first-order chi connectivity index (χ1) is 18.9. The lowest BCUT2D eigenvalue weighted by molar-refractivity contribution is 0.0969. The fraction of sp³-hybridized carbons (Fsp3) is 0.161. The lowest BCUT2D eigenvalue weighted by atomic mass is 9.98. The molecular weight excluding hydrogens is 516 g/mol. The number of hydrogen-bond acceptors (Lipinski definition) is 9. The average Bonchev–Trinajstić information content (AvgIpc) is 2.87. The second-order valence-electron chi connectivity index (χ2n) is 9.20. The lowest BCUT2D eigenvalue weighted by Gasteiger charge is -2.08. The number of benzene rings is 4.